The van der Waals surface area contributed by atoms with Gasteiger partial charge in [0.05, 0.1) is 25.4 Å². The van der Waals surface area contributed by atoms with Crippen molar-refractivity contribution in [1.82, 2.24) is 5.32 Å². The first-order chi connectivity index (χ1) is 38.5. The van der Waals surface area contributed by atoms with Crippen LogP contribution in [0.15, 0.2) is 60.8 Å². The van der Waals surface area contributed by atoms with Crippen molar-refractivity contribution < 1.29 is 24.5 Å². The number of aliphatic hydroxyl groups excluding tert-OH is 2. The van der Waals surface area contributed by atoms with Crippen molar-refractivity contribution >= 4 is 11.9 Å². The van der Waals surface area contributed by atoms with Gasteiger partial charge in [-0.1, -0.05) is 312 Å². The number of allylic oxidation sites excluding steroid dienone is 9. The molecule has 0 spiro atoms. The van der Waals surface area contributed by atoms with Gasteiger partial charge in [0, 0.05) is 12.8 Å². The molecular weight excluding hydrogens is 959 g/mol. The van der Waals surface area contributed by atoms with Gasteiger partial charge in [0.25, 0.3) is 0 Å². The maximum absolute atomic E-state index is 12.4. The second-order valence-corrected chi connectivity index (χ2v) is 23.5. The highest BCUT2D eigenvalue weighted by Crippen LogP contribution is 2.17. The fourth-order valence-electron chi connectivity index (χ4n) is 10.5. The third-order valence-corrected chi connectivity index (χ3v) is 15.8. The van der Waals surface area contributed by atoms with Crippen molar-refractivity contribution in [2.75, 3.05) is 13.2 Å². The Bertz CT molecular complexity index is 1350. The number of unbranched alkanes of at least 4 members (excludes halogenated alkanes) is 45. The Morgan fingerprint density at radius 3 is 0.987 bits per heavy atom. The van der Waals surface area contributed by atoms with Crippen LogP contribution < -0.4 is 5.32 Å². The smallest absolute Gasteiger partial charge is 0.305 e. The zero-order valence-electron chi connectivity index (χ0n) is 52.1. The fourth-order valence-corrected chi connectivity index (χ4v) is 10.5. The van der Waals surface area contributed by atoms with Gasteiger partial charge >= 0.3 is 5.97 Å². The standard InChI is InChI=1S/C72H133NO5/c1-3-5-7-9-11-13-15-16-17-40-43-46-50-54-58-62-66-72(77)78-67-63-59-55-51-47-44-41-38-36-34-32-30-28-26-24-22-20-18-19-21-23-25-27-29-31-33-35-37-39-42-45-49-53-57-61-65-71(76)73-69(68-74)70(75)64-60-56-52-48-14-12-10-8-6-4-2/h13,15,17,20,22,26,28,40,60,64,69-70,74-75H,3-12,14,16,18-19,21,23-25,27,29-39,41-59,61-63,65-68H2,1-2H3,(H,73,76)/b15-13-,22-20-,28-26-,40-17-,64-60+. The minimum Gasteiger partial charge on any atom is -0.466 e. The van der Waals surface area contributed by atoms with Crippen LogP contribution in [0.2, 0.25) is 0 Å². The van der Waals surface area contributed by atoms with Crippen LogP contribution in [0.1, 0.15) is 361 Å². The molecule has 0 aromatic rings. The summed E-state index contributed by atoms with van der Waals surface area (Å²) in [5.74, 6) is -0.0645. The number of esters is 1. The van der Waals surface area contributed by atoms with Crippen LogP contribution in [0.4, 0.5) is 0 Å². The lowest BCUT2D eigenvalue weighted by molar-refractivity contribution is -0.143. The number of amides is 1. The van der Waals surface area contributed by atoms with Gasteiger partial charge in [-0.2, -0.15) is 0 Å². The molecule has 0 heterocycles. The molecule has 0 bridgehead atoms. The lowest BCUT2D eigenvalue weighted by Gasteiger charge is -2.20. The molecule has 0 saturated carbocycles. The molecule has 0 aliphatic rings. The highest BCUT2D eigenvalue weighted by Gasteiger charge is 2.18. The van der Waals surface area contributed by atoms with Gasteiger partial charge in [-0.15, -0.1) is 0 Å². The van der Waals surface area contributed by atoms with Gasteiger partial charge in [-0.25, -0.2) is 0 Å². The number of hydrogen-bond donors (Lipinski definition) is 3. The molecule has 6 heteroatoms. The van der Waals surface area contributed by atoms with Crippen LogP contribution in [-0.2, 0) is 14.3 Å². The number of carbonyl (C=O) groups is 2. The third-order valence-electron chi connectivity index (χ3n) is 15.8. The quantitative estimate of drug-likeness (QED) is 0.0320. The third kappa shape index (κ3) is 62.8. The van der Waals surface area contributed by atoms with Crippen LogP contribution in [0.3, 0.4) is 0 Å². The van der Waals surface area contributed by atoms with Gasteiger partial charge in [0.2, 0.25) is 5.91 Å². The van der Waals surface area contributed by atoms with Crippen molar-refractivity contribution in [1.29, 1.82) is 0 Å². The number of aliphatic hydroxyl groups is 2. The topological polar surface area (TPSA) is 95.9 Å². The summed E-state index contributed by atoms with van der Waals surface area (Å²) in [7, 11) is 0. The number of ether oxygens (including phenoxy) is 1. The highest BCUT2D eigenvalue weighted by molar-refractivity contribution is 5.76. The van der Waals surface area contributed by atoms with E-state index in [4.69, 9.17) is 4.74 Å². The molecule has 0 saturated heterocycles. The lowest BCUT2D eigenvalue weighted by Crippen LogP contribution is -2.45. The number of rotatable bonds is 64. The van der Waals surface area contributed by atoms with E-state index in [1.165, 1.54) is 276 Å². The van der Waals surface area contributed by atoms with E-state index in [0.717, 1.165) is 57.8 Å². The van der Waals surface area contributed by atoms with E-state index >= 15 is 0 Å². The van der Waals surface area contributed by atoms with E-state index in [9.17, 15) is 19.8 Å². The zero-order chi connectivity index (χ0) is 56.4. The fraction of sp³-hybridized carbons (Fsp3) is 0.833. The summed E-state index contributed by atoms with van der Waals surface area (Å²) in [5, 5.41) is 23.0. The molecule has 0 radical (unpaired) electrons. The number of hydrogen-bond acceptors (Lipinski definition) is 5. The predicted molar refractivity (Wildman–Crippen MR) is 342 cm³/mol. The molecule has 456 valence electrons. The van der Waals surface area contributed by atoms with Crippen LogP contribution in [-0.4, -0.2) is 47.4 Å². The van der Waals surface area contributed by atoms with Crippen molar-refractivity contribution in [3.63, 3.8) is 0 Å². The molecule has 6 nitrogen and oxygen atoms in total. The SMILES string of the molecule is CCCCCC/C=C\C/C=C\CCCCCCCC(=O)OCCCCCCCCCCCCC/C=C\C/C=C\CCCCCCCCCCCCCCCCCCCC(=O)NC(CO)C(O)/C=C/CCCCCCCCCC. The molecule has 1 amide bonds. The second kappa shape index (κ2) is 67.1. The van der Waals surface area contributed by atoms with Crippen molar-refractivity contribution in [2.45, 2.75) is 373 Å². The lowest BCUT2D eigenvalue weighted by atomic mass is 10.0. The predicted octanol–water partition coefficient (Wildman–Crippen LogP) is 22.3. The molecule has 2 atom stereocenters. The van der Waals surface area contributed by atoms with E-state index in [1.54, 1.807) is 6.08 Å². The summed E-state index contributed by atoms with van der Waals surface area (Å²) >= 11 is 0. The van der Waals surface area contributed by atoms with Gasteiger partial charge in [0.15, 0.2) is 0 Å². The average molecular weight is 1090 g/mol. The first-order valence-corrected chi connectivity index (χ1v) is 34.6. The van der Waals surface area contributed by atoms with Gasteiger partial charge in [-0.3, -0.25) is 9.59 Å². The van der Waals surface area contributed by atoms with E-state index in [0.29, 0.717) is 19.4 Å². The Hall–Kier alpha value is -2.44. The van der Waals surface area contributed by atoms with E-state index in [2.05, 4.69) is 67.8 Å². The first kappa shape index (κ1) is 75.6. The normalized spacial score (nSPS) is 12.9. The van der Waals surface area contributed by atoms with Crippen molar-refractivity contribution in [2.24, 2.45) is 0 Å². The van der Waals surface area contributed by atoms with E-state index in [1.807, 2.05) is 6.08 Å². The number of carbonyl (C=O) groups excluding carboxylic acids is 2. The minimum atomic E-state index is -0.841. The zero-order valence-corrected chi connectivity index (χ0v) is 52.1. The molecule has 0 aliphatic carbocycles. The molecule has 0 fully saturated rings. The van der Waals surface area contributed by atoms with Crippen molar-refractivity contribution in [3.05, 3.63) is 60.8 Å². The number of nitrogens with one attached hydrogen (secondary N) is 1. The highest BCUT2D eigenvalue weighted by atomic mass is 16.5. The Kier molecular flexibility index (Phi) is 65.0. The average Bonchev–Trinajstić information content (AvgIpc) is 3.44. The Morgan fingerprint density at radius 2 is 0.641 bits per heavy atom. The van der Waals surface area contributed by atoms with Gasteiger partial charge in [-0.05, 0) is 96.3 Å². The Balaban J connectivity index is 3.37. The Morgan fingerprint density at radius 1 is 0.359 bits per heavy atom. The molecule has 2 unspecified atom stereocenters. The van der Waals surface area contributed by atoms with Gasteiger partial charge in [0.1, 0.15) is 0 Å². The van der Waals surface area contributed by atoms with Crippen LogP contribution >= 0.6 is 0 Å². The molecule has 0 aliphatic heterocycles. The summed E-state index contributed by atoms with van der Waals surface area (Å²) in [6.45, 7) is 4.87. The molecule has 78 heavy (non-hydrogen) atoms. The summed E-state index contributed by atoms with van der Waals surface area (Å²) < 4.78 is 5.49. The van der Waals surface area contributed by atoms with Gasteiger partial charge < -0.3 is 20.3 Å². The van der Waals surface area contributed by atoms with Crippen LogP contribution in [0.25, 0.3) is 0 Å². The van der Waals surface area contributed by atoms with Crippen LogP contribution in [0, 0.1) is 0 Å². The monoisotopic (exact) mass is 1090 g/mol. The summed E-state index contributed by atoms with van der Waals surface area (Å²) in [6, 6.07) is -0.625. The molecule has 0 rings (SSSR count). The summed E-state index contributed by atoms with van der Waals surface area (Å²) in [5.41, 5.74) is 0. The largest absolute Gasteiger partial charge is 0.466 e. The maximum atomic E-state index is 12.4. The Labute approximate surface area is 486 Å². The molecule has 3 N–H and O–H groups in total. The summed E-state index contributed by atoms with van der Waals surface area (Å²) in [4.78, 5) is 24.5. The molecular formula is C72H133NO5. The second-order valence-electron chi connectivity index (χ2n) is 23.5. The van der Waals surface area contributed by atoms with E-state index < -0.39 is 12.1 Å². The first-order valence-electron chi connectivity index (χ1n) is 34.6. The van der Waals surface area contributed by atoms with Crippen molar-refractivity contribution in [3.8, 4) is 0 Å². The summed E-state index contributed by atoms with van der Waals surface area (Å²) in [6.07, 6.45) is 88.8. The molecule has 0 aromatic heterocycles. The minimum absolute atomic E-state index is 0.00271. The maximum Gasteiger partial charge on any atom is 0.305 e. The van der Waals surface area contributed by atoms with E-state index in [-0.39, 0.29) is 18.5 Å². The van der Waals surface area contributed by atoms with Crippen LogP contribution in [0.5, 0.6) is 0 Å². The molecule has 0 aromatic carbocycles.